The van der Waals surface area contributed by atoms with Crippen molar-refractivity contribution in [2.45, 2.75) is 91.1 Å². The molecule has 1 saturated carbocycles. The molecule has 202 valence electrons. The summed E-state index contributed by atoms with van der Waals surface area (Å²) in [6.45, 7) is 8.41. The van der Waals surface area contributed by atoms with Gasteiger partial charge >= 0.3 is 5.97 Å². The lowest BCUT2D eigenvalue weighted by atomic mass is 9.73. The second-order valence-electron chi connectivity index (χ2n) is 10.7. The fourth-order valence-corrected chi connectivity index (χ4v) is 6.11. The van der Waals surface area contributed by atoms with E-state index in [0.29, 0.717) is 31.1 Å². The molecule has 0 spiro atoms. The van der Waals surface area contributed by atoms with Crippen molar-refractivity contribution in [3.8, 4) is 5.75 Å². The van der Waals surface area contributed by atoms with Crippen LogP contribution in [0.4, 0.5) is 0 Å². The molecule has 4 heterocycles. The highest BCUT2D eigenvalue weighted by Crippen LogP contribution is 2.45. The van der Waals surface area contributed by atoms with Crippen molar-refractivity contribution in [2.75, 3.05) is 6.61 Å². The Kier molecular flexibility index (Phi) is 7.45. The highest BCUT2D eigenvalue weighted by atomic mass is 16.6. The Morgan fingerprint density at radius 3 is 2.63 bits per heavy atom. The molecule has 2 unspecified atom stereocenters. The van der Waals surface area contributed by atoms with Crippen molar-refractivity contribution >= 4 is 17.5 Å². The van der Waals surface area contributed by atoms with E-state index in [2.05, 4.69) is 33.0 Å². The fraction of sp³-hybridized carbons (Fsp3) is 0.586. The standard InChI is InChI=1S/C29H37N5O4/c1-5-22-14-20(25(17-30-22)37-6-2)11-12-29(21-9-7-8-10-21)16-24(35)23(27(36)38-29)15-26-32-28-31-18(3)13-19(4)34(28)33-26/h13-14,17,21,23H,5-12,15-16H2,1-4H3. The SMILES string of the molecule is CCOc1cnc(CC)cc1CCC1(C2CCCC2)CC(=O)C(Cc2nc3nc(C)cc(C)n3n2)C(=O)O1. The molecular weight excluding hydrogens is 482 g/mol. The monoisotopic (exact) mass is 519 g/mol. The van der Waals surface area contributed by atoms with Gasteiger partial charge in [0, 0.05) is 29.9 Å². The first-order valence-corrected chi connectivity index (χ1v) is 13.9. The third kappa shape index (κ3) is 5.15. The van der Waals surface area contributed by atoms with Crippen LogP contribution >= 0.6 is 0 Å². The van der Waals surface area contributed by atoms with E-state index in [1.807, 2.05) is 26.8 Å². The van der Waals surface area contributed by atoms with Gasteiger partial charge in [-0.05, 0) is 76.5 Å². The normalized spacial score (nSPS) is 22.3. The summed E-state index contributed by atoms with van der Waals surface area (Å²) in [6, 6.07) is 4.00. The molecule has 0 radical (unpaired) electrons. The summed E-state index contributed by atoms with van der Waals surface area (Å²) in [5.41, 5.74) is 3.00. The molecule has 0 aromatic carbocycles. The molecular formula is C29H37N5O4. The molecule has 0 bridgehead atoms. The van der Waals surface area contributed by atoms with Gasteiger partial charge in [0.25, 0.3) is 5.78 Å². The van der Waals surface area contributed by atoms with Crippen LogP contribution in [0.3, 0.4) is 0 Å². The van der Waals surface area contributed by atoms with Crippen molar-refractivity contribution in [1.82, 2.24) is 24.6 Å². The maximum absolute atomic E-state index is 13.6. The molecule has 2 aliphatic rings. The number of carbonyl (C=O) groups is 2. The second kappa shape index (κ2) is 10.8. The van der Waals surface area contributed by atoms with E-state index in [-0.39, 0.29) is 24.5 Å². The zero-order valence-electron chi connectivity index (χ0n) is 22.8. The number of fused-ring (bicyclic) bond motifs is 1. The number of cyclic esters (lactones) is 1. The summed E-state index contributed by atoms with van der Waals surface area (Å²) in [4.78, 5) is 40.4. The molecule has 3 aromatic heterocycles. The Morgan fingerprint density at radius 1 is 1.13 bits per heavy atom. The lowest BCUT2D eigenvalue weighted by Gasteiger charge is -2.43. The van der Waals surface area contributed by atoms with Crippen molar-refractivity contribution in [2.24, 2.45) is 11.8 Å². The minimum Gasteiger partial charge on any atom is -0.492 e. The number of ether oxygens (including phenoxy) is 2. The van der Waals surface area contributed by atoms with Crippen LogP contribution in [0.1, 0.15) is 80.8 Å². The maximum atomic E-state index is 13.6. The smallest absolute Gasteiger partial charge is 0.317 e. The minimum atomic E-state index is -0.894. The van der Waals surface area contributed by atoms with Crippen molar-refractivity contribution < 1.29 is 19.1 Å². The number of hydrogen-bond acceptors (Lipinski definition) is 8. The average molecular weight is 520 g/mol. The molecule has 38 heavy (non-hydrogen) atoms. The van der Waals surface area contributed by atoms with Gasteiger partial charge in [0.2, 0.25) is 0 Å². The van der Waals surface area contributed by atoms with Crippen LogP contribution in [0.15, 0.2) is 18.3 Å². The lowest BCUT2D eigenvalue weighted by Crippen LogP contribution is -2.52. The minimum absolute atomic E-state index is 0.0816. The number of esters is 1. The third-order valence-corrected chi connectivity index (χ3v) is 8.08. The summed E-state index contributed by atoms with van der Waals surface area (Å²) >= 11 is 0. The van der Waals surface area contributed by atoms with Gasteiger partial charge in [0.1, 0.15) is 17.3 Å². The van der Waals surface area contributed by atoms with Crippen molar-refractivity contribution in [3.05, 3.63) is 46.8 Å². The molecule has 0 N–H and O–H groups in total. The van der Waals surface area contributed by atoms with E-state index >= 15 is 0 Å². The van der Waals surface area contributed by atoms with Gasteiger partial charge < -0.3 is 9.47 Å². The molecule has 5 rings (SSSR count). The molecule has 3 aromatic rings. The first-order valence-electron chi connectivity index (χ1n) is 13.9. The second-order valence-corrected chi connectivity index (χ2v) is 10.7. The number of carbonyl (C=O) groups excluding carboxylic acids is 2. The number of aryl methyl sites for hydroxylation is 4. The highest BCUT2D eigenvalue weighted by Gasteiger charge is 2.51. The van der Waals surface area contributed by atoms with Gasteiger partial charge in [0.05, 0.1) is 12.8 Å². The van der Waals surface area contributed by atoms with Crippen LogP contribution < -0.4 is 4.74 Å². The molecule has 0 amide bonds. The number of nitrogens with zero attached hydrogens (tertiary/aromatic N) is 5. The Hall–Kier alpha value is -3.36. The van der Waals surface area contributed by atoms with Crippen LogP contribution in [0, 0.1) is 25.7 Å². The Labute approximate surface area is 223 Å². The topological polar surface area (TPSA) is 109 Å². The van der Waals surface area contributed by atoms with E-state index < -0.39 is 17.5 Å². The predicted octanol–water partition coefficient (Wildman–Crippen LogP) is 4.33. The summed E-state index contributed by atoms with van der Waals surface area (Å²) in [7, 11) is 0. The Bertz CT molecular complexity index is 1330. The van der Waals surface area contributed by atoms with E-state index in [9.17, 15) is 9.59 Å². The molecule has 9 nitrogen and oxygen atoms in total. The molecule has 1 aliphatic carbocycles. The zero-order chi connectivity index (χ0) is 26.9. The molecule has 1 saturated heterocycles. The summed E-state index contributed by atoms with van der Waals surface area (Å²) in [5, 5.41) is 4.51. The van der Waals surface area contributed by atoms with Crippen LogP contribution in [0.2, 0.25) is 0 Å². The Morgan fingerprint density at radius 2 is 1.92 bits per heavy atom. The summed E-state index contributed by atoms with van der Waals surface area (Å²) < 4.78 is 13.8. The first-order chi connectivity index (χ1) is 18.3. The van der Waals surface area contributed by atoms with Gasteiger partial charge in [-0.15, -0.1) is 5.10 Å². The number of pyridine rings is 1. The van der Waals surface area contributed by atoms with Gasteiger partial charge in [0.15, 0.2) is 11.6 Å². The number of hydrogen-bond donors (Lipinski definition) is 0. The zero-order valence-corrected chi connectivity index (χ0v) is 22.8. The number of rotatable bonds is 9. The lowest BCUT2D eigenvalue weighted by molar-refractivity contribution is -0.185. The highest BCUT2D eigenvalue weighted by molar-refractivity contribution is 6.01. The quantitative estimate of drug-likeness (QED) is 0.304. The summed E-state index contributed by atoms with van der Waals surface area (Å²) in [6.07, 6.45) is 8.34. The predicted molar refractivity (Wildman–Crippen MR) is 141 cm³/mol. The van der Waals surface area contributed by atoms with Gasteiger partial charge in [-0.3, -0.25) is 14.6 Å². The molecule has 9 heteroatoms. The maximum Gasteiger partial charge on any atom is 0.317 e. The fourth-order valence-electron chi connectivity index (χ4n) is 6.11. The molecule has 1 aliphatic heterocycles. The van der Waals surface area contributed by atoms with Crippen LogP contribution in [-0.2, 0) is 33.6 Å². The van der Waals surface area contributed by atoms with Crippen LogP contribution in [0.5, 0.6) is 5.75 Å². The number of aromatic nitrogens is 5. The van der Waals surface area contributed by atoms with Crippen LogP contribution in [0.25, 0.3) is 5.78 Å². The first kappa shape index (κ1) is 26.3. The van der Waals surface area contributed by atoms with E-state index in [1.165, 1.54) is 0 Å². The largest absolute Gasteiger partial charge is 0.492 e. The van der Waals surface area contributed by atoms with Gasteiger partial charge in [-0.25, -0.2) is 9.50 Å². The average Bonchev–Trinajstić information content (AvgIpc) is 3.57. The van der Waals surface area contributed by atoms with Crippen molar-refractivity contribution in [1.29, 1.82) is 0 Å². The van der Waals surface area contributed by atoms with Crippen LogP contribution in [-0.4, -0.2) is 48.5 Å². The molecule has 2 fully saturated rings. The summed E-state index contributed by atoms with van der Waals surface area (Å²) in [5.74, 6) is 0.416. The third-order valence-electron chi connectivity index (χ3n) is 8.08. The van der Waals surface area contributed by atoms with Gasteiger partial charge in [-0.2, -0.15) is 4.98 Å². The number of ketones is 1. The molecule has 2 atom stereocenters. The number of Topliss-reactive ketones (excluding diaryl/α,β-unsaturated/α-hetero) is 1. The van der Waals surface area contributed by atoms with Crippen molar-refractivity contribution in [3.63, 3.8) is 0 Å². The van der Waals surface area contributed by atoms with E-state index in [4.69, 9.17) is 9.47 Å². The van der Waals surface area contributed by atoms with E-state index in [1.54, 1.807) is 10.7 Å². The van der Waals surface area contributed by atoms with Gasteiger partial charge in [-0.1, -0.05) is 19.8 Å². The Balaban J connectivity index is 1.37. The van der Waals surface area contributed by atoms with E-state index in [0.717, 1.165) is 60.5 Å².